The molecule has 0 aliphatic carbocycles. The minimum absolute atomic E-state index is 0.647. The summed E-state index contributed by atoms with van der Waals surface area (Å²) in [6.45, 7) is 3.61. The summed E-state index contributed by atoms with van der Waals surface area (Å²) in [6, 6.07) is 0. The molecule has 6 nitrogen and oxygen atoms in total. The van der Waals surface area contributed by atoms with Gasteiger partial charge in [0, 0.05) is 41.3 Å². The molecule has 0 spiro atoms. The van der Waals surface area contributed by atoms with E-state index < -0.39 is 0 Å². The van der Waals surface area contributed by atoms with E-state index in [0.717, 1.165) is 24.7 Å². The van der Waals surface area contributed by atoms with Gasteiger partial charge in [0.05, 0.1) is 31.7 Å². The molecule has 0 saturated heterocycles. The van der Waals surface area contributed by atoms with Crippen molar-refractivity contribution >= 4 is 5.95 Å². The van der Waals surface area contributed by atoms with Gasteiger partial charge in [-0.3, -0.25) is 0 Å². The van der Waals surface area contributed by atoms with E-state index in [4.69, 9.17) is 9.47 Å². The van der Waals surface area contributed by atoms with Gasteiger partial charge >= 0.3 is 0 Å². The zero-order valence-electron chi connectivity index (χ0n) is 11.8. The molecule has 1 aromatic rings. The molecule has 0 aliphatic heterocycles. The Labute approximate surface area is 109 Å². The number of ether oxygens (including phenoxy) is 2. The largest absolute Gasteiger partial charge is 0.382 e. The molecule has 0 atom stereocenters. The van der Waals surface area contributed by atoms with E-state index in [1.54, 1.807) is 7.11 Å². The van der Waals surface area contributed by atoms with Crippen molar-refractivity contribution in [1.29, 1.82) is 0 Å². The fourth-order valence-electron chi connectivity index (χ4n) is 1.62. The smallest absolute Gasteiger partial charge is 0.204 e. The van der Waals surface area contributed by atoms with Gasteiger partial charge in [0.15, 0.2) is 0 Å². The maximum atomic E-state index is 5.37. The number of imidazole rings is 1. The molecule has 0 bridgehead atoms. The summed E-state index contributed by atoms with van der Waals surface area (Å²) in [7, 11) is 7.67. The average Bonchev–Trinajstić information content (AvgIpc) is 2.70. The van der Waals surface area contributed by atoms with Crippen LogP contribution in [0.1, 0.15) is 5.69 Å². The molecule has 1 aromatic heterocycles. The lowest BCUT2D eigenvalue weighted by Crippen LogP contribution is -2.22. The van der Waals surface area contributed by atoms with Crippen LogP contribution in [0.2, 0.25) is 0 Å². The summed E-state index contributed by atoms with van der Waals surface area (Å²) < 4.78 is 12.3. The zero-order chi connectivity index (χ0) is 13.4. The number of nitrogens with one attached hydrogen (secondary N) is 1. The van der Waals surface area contributed by atoms with E-state index in [0.29, 0.717) is 19.8 Å². The summed E-state index contributed by atoms with van der Waals surface area (Å²) in [6.07, 6.45) is 1.90. The number of methoxy groups -OCH3 is 1. The molecule has 6 heteroatoms. The van der Waals surface area contributed by atoms with Crippen molar-refractivity contribution in [2.45, 2.75) is 6.54 Å². The van der Waals surface area contributed by atoms with Crippen molar-refractivity contribution in [3.8, 4) is 0 Å². The summed E-state index contributed by atoms with van der Waals surface area (Å²) in [4.78, 5) is 6.35. The van der Waals surface area contributed by atoms with Crippen molar-refractivity contribution in [2.75, 3.05) is 52.5 Å². The Hall–Kier alpha value is -1.11. The van der Waals surface area contributed by atoms with Crippen LogP contribution in [0, 0.1) is 0 Å². The molecule has 18 heavy (non-hydrogen) atoms. The van der Waals surface area contributed by atoms with Crippen molar-refractivity contribution in [3.05, 3.63) is 11.9 Å². The summed E-state index contributed by atoms with van der Waals surface area (Å²) >= 11 is 0. The Morgan fingerprint density at radius 2 is 2.11 bits per heavy atom. The lowest BCUT2D eigenvalue weighted by molar-refractivity contribution is 0.0718. The first-order chi connectivity index (χ1) is 8.66. The van der Waals surface area contributed by atoms with Crippen LogP contribution in [0.3, 0.4) is 0 Å². The van der Waals surface area contributed by atoms with E-state index >= 15 is 0 Å². The fraction of sp³-hybridized carbons (Fsp3) is 0.750. The van der Waals surface area contributed by atoms with Gasteiger partial charge in [0.1, 0.15) is 0 Å². The second kappa shape index (κ2) is 8.07. The minimum Gasteiger partial charge on any atom is -0.382 e. The van der Waals surface area contributed by atoms with Gasteiger partial charge in [0.25, 0.3) is 0 Å². The van der Waals surface area contributed by atoms with Gasteiger partial charge in [-0.2, -0.15) is 0 Å². The monoisotopic (exact) mass is 256 g/mol. The van der Waals surface area contributed by atoms with E-state index in [9.17, 15) is 0 Å². The zero-order valence-corrected chi connectivity index (χ0v) is 11.8. The molecule has 1 N–H and O–H groups in total. The molecule has 0 amide bonds. The molecule has 0 aliphatic rings. The Bertz CT molecular complexity index is 339. The molecule has 0 radical (unpaired) electrons. The number of hydrogen-bond acceptors (Lipinski definition) is 5. The molecular weight excluding hydrogens is 232 g/mol. The van der Waals surface area contributed by atoms with Crippen molar-refractivity contribution in [2.24, 2.45) is 7.05 Å². The van der Waals surface area contributed by atoms with Gasteiger partial charge in [-0.1, -0.05) is 0 Å². The van der Waals surface area contributed by atoms with E-state index in [-0.39, 0.29) is 0 Å². The molecule has 0 unspecified atom stereocenters. The normalized spacial score (nSPS) is 10.9. The van der Waals surface area contributed by atoms with Crippen molar-refractivity contribution in [3.63, 3.8) is 0 Å². The Balaban J connectivity index is 2.19. The molecule has 1 heterocycles. The van der Waals surface area contributed by atoms with E-state index in [1.165, 1.54) is 0 Å². The van der Waals surface area contributed by atoms with Crippen LogP contribution in [0.25, 0.3) is 0 Å². The predicted octanol–water partition coefficient (Wildman–Crippen LogP) is 0.239. The van der Waals surface area contributed by atoms with Gasteiger partial charge in [-0.05, 0) is 0 Å². The quantitative estimate of drug-likeness (QED) is 0.641. The second-order valence-corrected chi connectivity index (χ2v) is 4.28. The van der Waals surface area contributed by atoms with Gasteiger partial charge in [-0.15, -0.1) is 0 Å². The highest BCUT2D eigenvalue weighted by Crippen LogP contribution is 2.10. The molecule has 0 saturated carbocycles. The Morgan fingerprint density at radius 1 is 1.33 bits per heavy atom. The maximum absolute atomic E-state index is 5.37. The summed E-state index contributed by atoms with van der Waals surface area (Å²) in [5.41, 5.74) is 1.16. The SMILES string of the molecule is COCCOCCNCc1cnc(N(C)C)n1C. The third kappa shape index (κ3) is 4.64. The maximum Gasteiger partial charge on any atom is 0.204 e. The predicted molar refractivity (Wildman–Crippen MR) is 71.9 cm³/mol. The second-order valence-electron chi connectivity index (χ2n) is 4.28. The summed E-state index contributed by atoms with van der Waals surface area (Å²) in [5, 5.41) is 3.33. The van der Waals surface area contributed by atoms with Crippen molar-refractivity contribution < 1.29 is 9.47 Å². The molecule has 0 aromatic carbocycles. The van der Waals surface area contributed by atoms with Gasteiger partial charge < -0.3 is 24.3 Å². The highest BCUT2D eigenvalue weighted by molar-refractivity contribution is 5.30. The minimum atomic E-state index is 0.647. The van der Waals surface area contributed by atoms with Crippen LogP contribution in [-0.2, 0) is 23.1 Å². The standard InChI is InChI=1S/C12H24N4O2/c1-15(2)12-14-10-11(16(12)3)9-13-5-6-18-8-7-17-4/h10,13H,5-9H2,1-4H3. The van der Waals surface area contributed by atoms with Crippen molar-refractivity contribution in [1.82, 2.24) is 14.9 Å². The number of nitrogens with zero attached hydrogens (tertiary/aromatic N) is 3. The Morgan fingerprint density at radius 3 is 2.72 bits per heavy atom. The van der Waals surface area contributed by atoms with Crippen LogP contribution in [0.15, 0.2) is 6.20 Å². The van der Waals surface area contributed by atoms with Crippen LogP contribution in [0.5, 0.6) is 0 Å². The number of aromatic nitrogens is 2. The number of rotatable bonds is 9. The first-order valence-electron chi connectivity index (χ1n) is 6.12. The molecule has 104 valence electrons. The lowest BCUT2D eigenvalue weighted by Gasteiger charge is -2.12. The topological polar surface area (TPSA) is 51.6 Å². The first-order valence-corrected chi connectivity index (χ1v) is 6.12. The Kier molecular flexibility index (Phi) is 6.70. The lowest BCUT2D eigenvalue weighted by atomic mass is 10.4. The van der Waals surface area contributed by atoms with Crippen LogP contribution >= 0.6 is 0 Å². The third-order valence-electron chi connectivity index (χ3n) is 2.62. The van der Waals surface area contributed by atoms with E-state index in [2.05, 4.69) is 14.9 Å². The van der Waals surface area contributed by atoms with Crippen LogP contribution in [-0.4, -0.2) is 57.1 Å². The molecule has 1 rings (SSSR count). The van der Waals surface area contributed by atoms with Crippen LogP contribution < -0.4 is 10.2 Å². The van der Waals surface area contributed by atoms with Gasteiger partial charge in [-0.25, -0.2) is 4.98 Å². The van der Waals surface area contributed by atoms with Gasteiger partial charge in [0.2, 0.25) is 5.95 Å². The fourth-order valence-corrected chi connectivity index (χ4v) is 1.62. The molecule has 0 fully saturated rings. The van der Waals surface area contributed by atoms with E-state index in [1.807, 2.05) is 32.2 Å². The average molecular weight is 256 g/mol. The number of hydrogen-bond donors (Lipinski definition) is 1. The first kappa shape index (κ1) is 14.9. The highest BCUT2D eigenvalue weighted by atomic mass is 16.5. The highest BCUT2D eigenvalue weighted by Gasteiger charge is 2.06. The summed E-state index contributed by atoms with van der Waals surface area (Å²) in [5.74, 6) is 0.961. The molecular formula is C12H24N4O2. The third-order valence-corrected chi connectivity index (χ3v) is 2.62. The van der Waals surface area contributed by atoms with Crippen LogP contribution in [0.4, 0.5) is 5.95 Å². The number of anilines is 1.